The molecule has 12 amide bonds. The van der Waals surface area contributed by atoms with Gasteiger partial charge < -0.3 is 76.2 Å². The fraction of sp³-hybridized carbons (Fsp3) is 0.831. The molecule has 1 heterocycles. The average molecular weight is 1420 g/mol. The van der Waals surface area contributed by atoms with Crippen molar-refractivity contribution in [2.75, 3.05) is 74.0 Å². The summed E-state index contributed by atoms with van der Waals surface area (Å²) >= 11 is 1.30. The number of aliphatic hydroxyl groups is 3. The Labute approximate surface area is 596 Å². The summed E-state index contributed by atoms with van der Waals surface area (Å²) in [7, 11) is 9.76. The van der Waals surface area contributed by atoms with E-state index in [9.17, 15) is 44.1 Å². The topological polar surface area (TPSA) is 348 Å². The highest BCUT2D eigenvalue weighted by Crippen LogP contribution is 2.27. The Morgan fingerprint density at radius 3 is 1.45 bits per heavy atom. The van der Waals surface area contributed by atoms with Crippen LogP contribution in [0.25, 0.3) is 0 Å². The van der Waals surface area contributed by atoms with E-state index >= 15 is 28.8 Å². The quantitative estimate of drug-likeness (QED) is 0.0576. The fourth-order valence-electron chi connectivity index (χ4n) is 12.4. The second-order valence-corrected chi connectivity index (χ2v) is 31.2. The first-order valence-electron chi connectivity index (χ1n) is 35.7. The standard InChI is InChI=1S/C71H130N12O15S/c1-25-50-65(92)81(22)55(40-99-35-31-30-34-84)68(95)80(21)54(39-71(16,17)98)62(89)76-56(44(8)9)69(96)77(18)51(36-41(2)3)61(88)73-47(13)60(87)74-48(14)64(91)78(19)52(37-42(4)5)66(93)79(20)53(38-43(6)7)67(94)82(23)57(45(10)11)70(97)83(24)58(63(90)75-50)59(86)46(12)32-28-26-27-29-33-72-49(15)85/h41-48,50-59,84,86,98H,25-40H2,1-24H3,(H,72,85)(H,73,88)(H,74,87)(H,75,90)(H,76,89)/t46-,47+,48-,50+,51+,52+,53+,54+,55-,56+,57+,58+,59-/m1/s1. The first-order valence-corrected chi connectivity index (χ1v) is 36.9. The smallest absolute Gasteiger partial charge is 0.246 e. The highest BCUT2D eigenvalue weighted by Gasteiger charge is 2.47. The molecule has 0 bridgehead atoms. The molecule has 0 radical (unpaired) electrons. The number of rotatable bonds is 26. The zero-order valence-electron chi connectivity index (χ0n) is 64.5. The number of carbonyl (C=O) groups excluding carboxylic acids is 12. The lowest BCUT2D eigenvalue weighted by molar-refractivity contribution is -0.157. The van der Waals surface area contributed by atoms with Crippen molar-refractivity contribution in [1.82, 2.24) is 60.9 Å². The molecular formula is C71H130N12O15S. The van der Waals surface area contributed by atoms with Gasteiger partial charge >= 0.3 is 0 Å². The summed E-state index contributed by atoms with van der Waals surface area (Å²) in [6.07, 6.45) is 2.53. The Bertz CT molecular complexity index is 2660. The van der Waals surface area contributed by atoms with E-state index in [2.05, 4.69) is 26.6 Å². The Hall–Kier alpha value is -6.13. The van der Waals surface area contributed by atoms with Gasteiger partial charge in [-0.2, -0.15) is 11.8 Å². The van der Waals surface area contributed by atoms with Crippen LogP contribution in [0.1, 0.15) is 195 Å². The maximum atomic E-state index is 15.5. The Morgan fingerprint density at radius 1 is 0.505 bits per heavy atom. The number of thioether (sulfide) groups is 1. The summed E-state index contributed by atoms with van der Waals surface area (Å²) in [6.45, 7) is 28.8. The largest absolute Gasteiger partial charge is 0.396 e. The SMILES string of the molecule is CC[C@@H]1NC(=O)[C@H]([C@H](O)[C@H](C)CCCCCCNC(C)=O)N(C)C(=O)[C@H](C(C)C)N(C)C(=O)[C@H](CC(C)C)N(C)C(=O)[C@H](CC(C)C)N(C)C(=O)[C@@H](C)NC(=O)[C@H](C)NC(=O)[C@H](CC(C)C)N(C)C(=O)[C@H](C(C)C)NC(=O)[C@H](CC(C)(C)O)N(C)C(=O)[C@@H](CSCCCCO)N(C)C1=O. The second kappa shape index (κ2) is 43.0. The number of nitrogens with one attached hydrogen (secondary N) is 5. The minimum absolute atomic E-state index is 0.0452. The normalized spacial score (nSPS) is 25.5. The van der Waals surface area contributed by atoms with Gasteiger partial charge in [-0.15, -0.1) is 0 Å². The Kier molecular flexibility index (Phi) is 39.4. The lowest BCUT2D eigenvalue weighted by Gasteiger charge is -2.42. The molecule has 0 aromatic carbocycles. The van der Waals surface area contributed by atoms with Crippen LogP contribution in [-0.2, 0) is 57.5 Å². The number of hydrogen-bond acceptors (Lipinski definition) is 16. The lowest BCUT2D eigenvalue weighted by Crippen LogP contribution is -2.64. The van der Waals surface area contributed by atoms with Crippen molar-refractivity contribution in [1.29, 1.82) is 0 Å². The summed E-state index contributed by atoms with van der Waals surface area (Å²) in [5.74, 6) is -10.3. The molecule has 0 aromatic rings. The maximum absolute atomic E-state index is 15.5. The molecule has 0 unspecified atom stereocenters. The van der Waals surface area contributed by atoms with Gasteiger partial charge in [0.1, 0.15) is 66.5 Å². The number of nitrogens with zero attached hydrogens (tertiary/aromatic N) is 7. The van der Waals surface area contributed by atoms with Gasteiger partial charge in [-0.25, -0.2) is 0 Å². The molecule has 0 aromatic heterocycles. The van der Waals surface area contributed by atoms with E-state index in [0.29, 0.717) is 50.8 Å². The van der Waals surface area contributed by atoms with E-state index < -0.39 is 161 Å². The van der Waals surface area contributed by atoms with Crippen molar-refractivity contribution in [2.24, 2.45) is 35.5 Å². The average Bonchev–Trinajstić information content (AvgIpc) is 0.808. The van der Waals surface area contributed by atoms with Gasteiger partial charge in [-0.3, -0.25) is 57.5 Å². The zero-order chi connectivity index (χ0) is 76.4. The first-order chi connectivity index (χ1) is 45.8. The van der Waals surface area contributed by atoms with Crippen molar-refractivity contribution in [3.8, 4) is 0 Å². The number of unbranched alkanes of at least 4 members (excludes halogenated alkanes) is 4. The highest BCUT2D eigenvalue weighted by atomic mass is 32.2. The lowest BCUT2D eigenvalue weighted by atomic mass is 9.90. The summed E-state index contributed by atoms with van der Waals surface area (Å²) in [4.78, 5) is 184. The van der Waals surface area contributed by atoms with Gasteiger partial charge in [0.15, 0.2) is 0 Å². The predicted octanol–water partition coefficient (Wildman–Crippen LogP) is 3.38. The molecule has 8 N–H and O–H groups in total. The van der Waals surface area contributed by atoms with Crippen molar-refractivity contribution in [3.05, 3.63) is 0 Å². The molecule has 570 valence electrons. The Morgan fingerprint density at radius 2 is 0.960 bits per heavy atom. The van der Waals surface area contributed by atoms with Crippen molar-refractivity contribution >= 4 is 82.6 Å². The van der Waals surface area contributed by atoms with Crippen molar-refractivity contribution < 1.29 is 72.9 Å². The van der Waals surface area contributed by atoms with Crippen LogP contribution in [0.2, 0.25) is 0 Å². The zero-order valence-corrected chi connectivity index (χ0v) is 65.3. The van der Waals surface area contributed by atoms with Crippen LogP contribution in [0, 0.1) is 35.5 Å². The third-order valence-corrected chi connectivity index (χ3v) is 19.7. The highest BCUT2D eigenvalue weighted by molar-refractivity contribution is 7.99. The van der Waals surface area contributed by atoms with Gasteiger partial charge in [-0.05, 0) is 120 Å². The van der Waals surface area contributed by atoms with Crippen LogP contribution in [0.15, 0.2) is 0 Å². The van der Waals surface area contributed by atoms with E-state index in [-0.39, 0.29) is 68.1 Å². The molecule has 1 fully saturated rings. The summed E-state index contributed by atoms with van der Waals surface area (Å²) in [6, 6.07) is -14.7. The van der Waals surface area contributed by atoms with E-state index in [0.717, 1.165) is 21.1 Å². The van der Waals surface area contributed by atoms with Crippen molar-refractivity contribution in [2.45, 2.75) is 273 Å². The summed E-state index contributed by atoms with van der Waals surface area (Å²) in [5, 5.41) is 47.3. The second-order valence-electron chi connectivity index (χ2n) is 30.1. The monoisotopic (exact) mass is 1420 g/mol. The fourth-order valence-corrected chi connectivity index (χ4v) is 13.5. The van der Waals surface area contributed by atoms with Crippen molar-refractivity contribution in [3.63, 3.8) is 0 Å². The van der Waals surface area contributed by atoms with Gasteiger partial charge in [0.2, 0.25) is 70.9 Å². The molecule has 13 atom stereocenters. The number of aliphatic hydroxyl groups excluding tert-OH is 2. The molecule has 0 spiro atoms. The minimum Gasteiger partial charge on any atom is -0.396 e. The van der Waals surface area contributed by atoms with Crippen LogP contribution in [-0.4, -0.2) is 273 Å². The van der Waals surface area contributed by atoms with Crippen LogP contribution < -0.4 is 26.6 Å². The predicted molar refractivity (Wildman–Crippen MR) is 385 cm³/mol. The third-order valence-electron chi connectivity index (χ3n) is 18.6. The molecule has 1 aliphatic rings. The minimum atomic E-state index is -1.69. The first kappa shape index (κ1) is 90.9. The van der Waals surface area contributed by atoms with Gasteiger partial charge in [0.25, 0.3) is 0 Å². The molecule has 0 aliphatic carbocycles. The van der Waals surface area contributed by atoms with Gasteiger partial charge in [-0.1, -0.05) is 102 Å². The molecule has 1 rings (SSSR count). The molecule has 1 aliphatic heterocycles. The molecule has 27 nitrogen and oxygen atoms in total. The molecular weight excluding hydrogens is 1290 g/mol. The Balaban J connectivity index is 4.56. The van der Waals surface area contributed by atoms with Crippen LogP contribution in [0.3, 0.4) is 0 Å². The number of likely N-dealkylation sites (N-methyl/N-ethyl adjacent to an activating group) is 7. The molecule has 28 heteroatoms. The van der Waals surface area contributed by atoms with E-state index in [1.54, 1.807) is 41.5 Å². The number of amides is 12. The number of hydrogen-bond donors (Lipinski definition) is 8. The number of carbonyl (C=O) groups is 12. The van der Waals surface area contributed by atoms with Crippen LogP contribution >= 0.6 is 11.8 Å². The third kappa shape index (κ3) is 28.3. The van der Waals surface area contributed by atoms with E-state index in [1.165, 1.54) is 115 Å². The van der Waals surface area contributed by atoms with Crippen LogP contribution in [0.5, 0.6) is 0 Å². The van der Waals surface area contributed by atoms with E-state index in [4.69, 9.17) is 0 Å². The van der Waals surface area contributed by atoms with Crippen LogP contribution in [0.4, 0.5) is 0 Å². The molecule has 0 saturated carbocycles. The summed E-state index contributed by atoms with van der Waals surface area (Å²) < 4.78 is 0. The van der Waals surface area contributed by atoms with E-state index in [1.807, 2.05) is 41.5 Å². The van der Waals surface area contributed by atoms with Gasteiger partial charge in [0, 0.05) is 81.6 Å². The van der Waals surface area contributed by atoms with Gasteiger partial charge in [0.05, 0.1) is 11.7 Å². The maximum Gasteiger partial charge on any atom is 0.246 e. The molecule has 99 heavy (non-hydrogen) atoms. The summed E-state index contributed by atoms with van der Waals surface area (Å²) in [5.41, 5.74) is -1.61. The molecule has 1 saturated heterocycles.